The zero-order chi connectivity index (χ0) is 20.4. The van der Waals surface area contributed by atoms with Gasteiger partial charge in [0.2, 0.25) is 11.8 Å². The number of aryl methyl sites for hydroxylation is 2. The van der Waals surface area contributed by atoms with Gasteiger partial charge in [0.15, 0.2) is 0 Å². The zero-order valence-corrected chi connectivity index (χ0v) is 17.5. The molecule has 0 N–H and O–H groups in total. The van der Waals surface area contributed by atoms with Gasteiger partial charge in [-0.05, 0) is 50.8 Å². The number of piperidine rings is 1. The van der Waals surface area contributed by atoms with E-state index in [2.05, 4.69) is 10.1 Å². The second-order valence-electron chi connectivity index (χ2n) is 7.62. The summed E-state index contributed by atoms with van der Waals surface area (Å²) in [6.07, 6.45) is 5.23. The van der Waals surface area contributed by atoms with Crippen LogP contribution in [0.5, 0.6) is 0 Å². The van der Waals surface area contributed by atoms with Gasteiger partial charge in [-0.15, -0.1) is 0 Å². The van der Waals surface area contributed by atoms with Crippen molar-refractivity contribution >= 4 is 17.5 Å². The van der Waals surface area contributed by atoms with Gasteiger partial charge in [0.25, 0.3) is 0 Å². The van der Waals surface area contributed by atoms with Crippen molar-refractivity contribution in [2.75, 3.05) is 6.54 Å². The quantitative estimate of drug-likeness (QED) is 0.619. The van der Waals surface area contributed by atoms with Crippen molar-refractivity contribution in [2.45, 2.75) is 52.1 Å². The van der Waals surface area contributed by atoms with E-state index >= 15 is 0 Å². The molecule has 3 aromatic rings. The summed E-state index contributed by atoms with van der Waals surface area (Å²) in [6, 6.07) is 9.57. The van der Waals surface area contributed by atoms with Crippen LogP contribution in [0.1, 0.15) is 53.9 Å². The Morgan fingerprint density at radius 2 is 2.10 bits per heavy atom. The molecule has 0 saturated carbocycles. The molecule has 0 radical (unpaired) electrons. The Hall–Kier alpha value is -2.60. The molecule has 1 saturated heterocycles. The van der Waals surface area contributed by atoms with E-state index < -0.39 is 0 Å². The minimum Gasteiger partial charge on any atom is -0.443 e. The first-order chi connectivity index (χ1) is 14.0. The number of halogens is 1. The van der Waals surface area contributed by atoms with Crippen LogP contribution < -0.4 is 0 Å². The smallest absolute Gasteiger partial charge is 0.244 e. The minimum absolute atomic E-state index is 0.0479. The van der Waals surface area contributed by atoms with Gasteiger partial charge in [0, 0.05) is 23.7 Å². The van der Waals surface area contributed by atoms with Gasteiger partial charge in [0.05, 0.1) is 11.9 Å². The fourth-order valence-electron chi connectivity index (χ4n) is 3.93. The van der Waals surface area contributed by atoms with Crippen LogP contribution in [0.25, 0.3) is 0 Å². The van der Waals surface area contributed by atoms with Gasteiger partial charge in [-0.25, -0.2) is 4.98 Å². The van der Waals surface area contributed by atoms with Crippen molar-refractivity contribution in [3.63, 3.8) is 0 Å². The maximum absolute atomic E-state index is 13.0. The van der Waals surface area contributed by atoms with Crippen molar-refractivity contribution in [3.05, 3.63) is 70.2 Å². The van der Waals surface area contributed by atoms with E-state index in [9.17, 15) is 4.79 Å². The monoisotopic (exact) mass is 412 g/mol. The van der Waals surface area contributed by atoms with Gasteiger partial charge < -0.3 is 9.32 Å². The molecule has 1 aromatic carbocycles. The molecule has 2 aromatic heterocycles. The van der Waals surface area contributed by atoms with E-state index in [1.54, 1.807) is 10.9 Å². The average molecular weight is 413 g/mol. The summed E-state index contributed by atoms with van der Waals surface area (Å²) in [5.41, 5.74) is 2.91. The van der Waals surface area contributed by atoms with Crippen LogP contribution in [0.2, 0.25) is 5.02 Å². The van der Waals surface area contributed by atoms with Crippen molar-refractivity contribution in [1.82, 2.24) is 19.7 Å². The highest BCUT2D eigenvalue weighted by Crippen LogP contribution is 2.31. The van der Waals surface area contributed by atoms with Crippen molar-refractivity contribution in [3.8, 4) is 0 Å². The molecule has 1 aliphatic rings. The van der Waals surface area contributed by atoms with E-state index in [1.165, 1.54) is 0 Å². The van der Waals surface area contributed by atoms with E-state index in [0.29, 0.717) is 23.9 Å². The normalized spacial score (nSPS) is 16.9. The molecule has 4 rings (SSSR count). The molecule has 6 nitrogen and oxygen atoms in total. The van der Waals surface area contributed by atoms with Gasteiger partial charge in [-0.1, -0.05) is 29.8 Å². The Labute approximate surface area is 175 Å². The van der Waals surface area contributed by atoms with Crippen molar-refractivity contribution < 1.29 is 9.21 Å². The maximum atomic E-state index is 13.0. The predicted molar refractivity (Wildman–Crippen MR) is 111 cm³/mol. The molecule has 152 valence electrons. The summed E-state index contributed by atoms with van der Waals surface area (Å²) in [5.74, 6) is 1.41. The number of aromatic nitrogens is 3. The van der Waals surface area contributed by atoms with Crippen LogP contribution in [0, 0.1) is 13.8 Å². The molecule has 0 spiro atoms. The zero-order valence-electron chi connectivity index (χ0n) is 16.8. The van der Waals surface area contributed by atoms with Crippen molar-refractivity contribution in [2.24, 2.45) is 0 Å². The van der Waals surface area contributed by atoms with Crippen LogP contribution in [0.15, 0.2) is 40.9 Å². The van der Waals surface area contributed by atoms with Gasteiger partial charge in [-0.2, -0.15) is 5.10 Å². The number of hydrogen-bond donors (Lipinski definition) is 0. The molecule has 29 heavy (non-hydrogen) atoms. The summed E-state index contributed by atoms with van der Waals surface area (Å²) in [4.78, 5) is 19.4. The van der Waals surface area contributed by atoms with Crippen LogP contribution >= 0.6 is 11.6 Å². The Morgan fingerprint density at radius 3 is 2.86 bits per heavy atom. The third-order valence-electron chi connectivity index (χ3n) is 5.39. The Kier molecular flexibility index (Phi) is 5.72. The molecule has 0 bridgehead atoms. The number of oxazole rings is 1. The number of carbonyl (C=O) groups excluding carboxylic acids is 1. The van der Waals surface area contributed by atoms with E-state index in [1.807, 2.05) is 49.1 Å². The standard InChI is InChI=1S/C22H25ClN4O2/c1-15-11-16(2)27(25-15)14-21(28)26-10-6-5-9-20(26)22-24-13-18(29-22)12-17-7-3-4-8-19(17)23/h3-4,7-8,11,13,20H,5-6,9-10,12,14H2,1-2H3/t20-/m1/s1. The number of carbonyl (C=O) groups is 1. The highest BCUT2D eigenvalue weighted by Gasteiger charge is 2.31. The van der Waals surface area contributed by atoms with Crippen molar-refractivity contribution in [1.29, 1.82) is 0 Å². The summed E-state index contributed by atoms with van der Waals surface area (Å²) in [7, 11) is 0. The third-order valence-corrected chi connectivity index (χ3v) is 5.76. The Bertz CT molecular complexity index is 1010. The largest absolute Gasteiger partial charge is 0.443 e. The fraction of sp³-hybridized carbons (Fsp3) is 0.409. The minimum atomic E-state index is -0.131. The molecular weight excluding hydrogens is 388 g/mol. The second kappa shape index (κ2) is 8.41. The van der Waals surface area contributed by atoms with Crippen LogP contribution in [0.4, 0.5) is 0 Å². The summed E-state index contributed by atoms with van der Waals surface area (Å²) in [6.45, 7) is 4.86. The second-order valence-corrected chi connectivity index (χ2v) is 8.02. The number of likely N-dealkylation sites (tertiary alicyclic amines) is 1. The van der Waals surface area contributed by atoms with E-state index in [-0.39, 0.29) is 18.5 Å². The molecule has 3 heterocycles. The van der Waals surface area contributed by atoms with E-state index in [4.69, 9.17) is 16.0 Å². The van der Waals surface area contributed by atoms with Gasteiger partial charge >= 0.3 is 0 Å². The number of nitrogens with zero attached hydrogens (tertiary/aromatic N) is 4. The highest BCUT2D eigenvalue weighted by molar-refractivity contribution is 6.31. The molecule has 1 atom stereocenters. The summed E-state index contributed by atoms with van der Waals surface area (Å²) < 4.78 is 7.82. The first kappa shape index (κ1) is 19.7. The maximum Gasteiger partial charge on any atom is 0.244 e. The third kappa shape index (κ3) is 4.37. The van der Waals surface area contributed by atoms with Crippen LogP contribution in [-0.2, 0) is 17.8 Å². The summed E-state index contributed by atoms with van der Waals surface area (Å²) in [5, 5.41) is 5.13. The first-order valence-corrected chi connectivity index (χ1v) is 10.4. The SMILES string of the molecule is Cc1cc(C)n(CC(=O)N2CCCC[C@@H]2c2ncc(Cc3ccccc3Cl)o2)n1. The van der Waals surface area contributed by atoms with Crippen LogP contribution in [-0.4, -0.2) is 32.1 Å². The Morgan fingerprint density at radius 1 is 1.28 bits per heavy atom. The molecule has 1 amide bonds. The molecule has 0 unspecified atom stereocenters. The van der Waals surface area contributed by atoms with Gasteiger partial charge in [-0.3, -0.25) is 9.48 Å². The molecule has 1 fully saturated rings. The lowest BCUT2D eigenvalue weighted by Gasteiger charge is -2.33. The number of amides is 1. The average Bonchev–Trinajstić information content (AvgIpc) is 3.29. The molecular formula is C22H25ClN4O2. The van der Waals surface area contributed by atoms with Gasteiger partial charge in [0.1, 0.15) is 18.3 Å². The topological polar surface area (TPSA) is 64.2 Å². The highest BCUT2D eigenvalue weighted by atomic mass is 35.5. The number of rotatable bonds is 5. The lowest BCUT2D eigenvalue weighted by Crippen LogP contribution is -2.40. The predicted octanol–water partition coefficient (Wildman–Crippen LogP) is 4.49. The molecule has 7 heteroatoms. The lowest BCUT2D eigenvalue weighted by atomic mass is 10.0. The Balaban J connectivity index is 1.50. The van der Waals surface area contributed by atoms with Crippen LogP contribution in [0.3, 0.4) is 0 Å². The molecule has 1 aliphatic heterocycles. The molecule has 0 aliphatic carbocycles. The van der Waals surface area contributed by atoms with E-state index in [0.717, 1.165) is 42.0 Å². The number of hydrogen-bond acceptors (Lipinski definition) is 4. The lowest BCUT2D eigenvalue weighted by molar-refractivity contribution is -0.136. The summed E-state index contributed by atoms with van der Waals surface area (Å²) >= 11 is 6.26. The fourth-order valence-corrected chi connectivity index (χ4v) is 4.13. The number of benzene rings is 1. The first-order valence-electron chi connectivity index (χ1n) is 10.00.